The summed E-state index contributed by atoms with van der Waals surface area (Å²) in [5, 5.41) is 17.9. The first-order valence-corrected chi connectivity index (χ1v) is 4.22. The van der Waals surface area contributed by atoms with E-state index in [4.69, 9.17) is 10.2 Å². The normalized spacial score (nSPS) is 31.0. The molecule has 1 aliphatic rings. The second-order valence-corrected chi connectivity index (χ2v) is 3.56. The van der Waals surface area contributed by atoms with E-state index in [9.17, 15) is 9.59 Å². The minimum Gasteiger partial charge on any atom is -0.481 e. The monoisotopic (exact) mass is 196 g/mol. The molecule has 4 heteroatoms. The van der Waals surface area contributed by atoms with Gasteiger partial charge in [0, 0.05) is 0 Å². The Balaban J connectivity index is 3.22. The number of hydrogen-bond acceptors (Lipinski definition) is 2. The summed E-state index contributed by atoms with van der Waals surface area (Å²) < 4.78 is 0. The van der Waals surface area contributed by atoms with Crippen LogP contribution in [0.15, 0.2) is 23.8 Å². The molecule has 76 valence electrons. The first kappa shape index (κ1) is 10.5. The topological polar surface area (TPSA) is 74.6 Å². The fraction of sp³-hybridized carbons (Fsp3) is 0.400. The lowest BCUT2D eigenvalue weighted by Crippen LogP contribution is -2.41. The lowest BCUT2D eigenvalue weighted by atomic mass is 9.69. The zero-order chi connectivity index (χ0) is 10.9. The molecule has 0 aromatic rings. The highest BCUT2D eigenvalue weighted by Crippen LogP contribution is 2.39. The molecule has 0 aliphatic heterocycles. The summed E-state index contributed by atoms with van der Waals surface area (Å²) in [6, 6.07) is 0. The molecule has 0 aromatic heterocycles. The molecule has 2 atom stereocenters. The number of allylic oxidation sites excluding steroid dienone is 2. The lowest BCUT2D eigenvalue weighted by molar-refractivity contribution is -0.156. The fourth-order valence-corrected chi connectivity index (χ4v) is 1.55. The van der Waals surface area contributed by atoms with Gasteiger partial charge in [0.25, 0.3) is 0 Å². The molecule has 0 heterocycles. The van der Waals surface area contributed by atoms with E-state index in [0.29, 0.717) is 5.57 Å². The molecule has 4 nitrogen and oxygen atoms in total. The maximum Gasteiger partial charge on any atom is 0.314 e. The Labute approximate surface area is 81.6 Å². The van der Waals surface area contributed by atoms with Gasteiger partial charge in [0.2, 0.25) is 0 Å². The van der Waals surface area contributed by atoms with Crippen molar-refractivity contribution in [3.8, 4) is 0 Å². The Bertz CT molecular complexity index is 340. The molecule has 2 N–H and O–H groups in total. The summed E-state index contributed by atoms with van der Waals surface area (Å²) >= 11 is 0. The fourth-order valence-electron chi connectivity index (χ4n) is 1.55. The number of hydrogen-bond donors (Lipinski definition) is 2. The molecular formula is C10H12O4. The molecule has 0 aromatic carbocycles. The third kappa shape index (κ3) is 1.32. The van der Waals surface area contributed by atoms with Crippen LogP contribution in [0.25, 0.3) is 0 Å². The molecule has 0 radical (unpaired) electrons. The summed E-state index contributed by atoms with van der Waals surface area (Å²) in [6.45, 7) is 3.07. The number of rotatable bonds is 2. The number of aliphatic carboxylic acids is 2. The average Bonchev–Trinajstić information content (AvgIpc) is 2.08. The predicted octanol–water partition coefficient (Wildman–Crippen LogP) is 1.29. The molecule has 0 amide bonds. The van der Waals surface area contributed by atoms with Crippen LogP contribution in [0.3, 0.4) is 0 Å². The lowest BCUT2D eigenvalue weighted by Gasteiger charge is -2.32. The summed E-state index contributed by atoms with van der Waals surface area (Å²) in [5.41, 5.74) is -0.777. The predicted molar refractivity (Wildman–Crippen MR) is 49.8 cm³/mol. The van der Waals surface area contributed by atoms with Gasteiger partial charge in [-0.05, 0) is 13.8 Å². The van der Waals surface area contributed by atoms with Crippen LogP contribution in [-0.4, -0.2) is 22.2 Å². The van der Waals surface area contributed by atoms with Crippen molar-refractivity contribution in [2.75, 3.05) is 0 Å². The van der Waals surface area contributed by atoms with E-state index in [-0.39, 0.29) is 0 Å². The van der Waals surface area contributed by atoms with E-state index in [2.05, 4.69) is 0 Å². The molecule has 0 saturated carbocycles. The first-order chi connectivity index (χ1) is 6.40. The highest BCUT2D eigenvalue weighted by Gasteiger charge is 2.46. The van der Waals surface area contributed by atoms with Crippen molar-refractivity contribution in [3.63, 3.8) is 0 Å². The Morgan fingerprint density at radius 1 is 1.43 bits per heavy atom. The Kier molecular flexibility index (Phi) is 2.47. The maximum atomic E-state index is 11.1. The van der Waals surface area contributed by atoms with Crippen LogP contribution in [0, 0.1) is 11.3 Å². The highest BCUT2D eigenvalue weighted by atomic mass is 16.4. The molecule has 1 aliphatic carbocycles. The summed E-state index contributed by atoms with van der Waals surface area (Å²) in [6.07, 6.45) is 4.62. The van der Waals surface area contributed by atoms with Crippen LogP contribution in [0.4, 0.5) is 0 Å². The molecule has 0 saturated heterocycles. The Morgan fingerprint density at radius 3 is 2.36 bits per heavy atom. The van der Waals surface area contributed by atoms with Gasteiger partial charge < -0.3 is 10.2 Å². The average molecular weight is 196 g/mol. The van der Waals surface area contributed by atoms with Gasteiger partial charge in [0.1, 0.15) is 5.41 Å². The quantitative estimate of drug-likeness (QED) is 0.697. The zero-order valence-electron chi connectivity index (χ0n) is 8.02. The van der Waals surface area contributed by atoms with Crippen molar-refractivity contribution < 1.29 is 19.8 Å². The minimum atomic E-state index is -1.33. The third-order valence-corrected chi connectivity index (χ3v) is 2.80. The van der Waals surface area contributed by atoms with Gasteiger partial charge in [0.05, 0.1) is 5.92 Å². The van der Waals surface area contributed by atoms with E-state index in [1.807, 2.05) is 0 Å². The van der Waals surface area contributed by atoms with E-state index < -0.39 is 23.3 Å². The van der Waals surface area contributed by atoms with Gasteiger partial charge in [-0.1, -0.05) is 23.8 Å². The first-order valence-electron chi connectivity index (χ1n) is 4.22. The third-order valence-electron chi connectivity index (χ3n) is 2.80. The van der Waals surface area contributed by atoms with Crippen molar-refractivity contribution in [3.05, 3.63) is 23.8 Å². The van der Waals surface area contributed by atoms with Gasteiger partial charge in [-0.15, -0.1) is 0 Å². The summed E-state index contributed by atoms with van der Waals surface area (Å²) in [5.74, 6) is -3.22. The summed E-state index contributed by atoms with van der Waals surface area (Å²) in [7, 11) is 0. The van der Waals surface area contributed by atoms with Gasteiger partial charge in [-0.2, -0.15) is 0 Å². The molecular weight excluding hydrogens is 184 g/mol. The van der Waals surface area contributed by atoms with Crippen molar-refractivity contribution in [1.82, 2.24) is 0 Å². The van der Waals surface area contributed by atoms with Crippen molar-refractivity contribution in [2.45, 2.75) is 13.8 Å². The summed E-state index contributed by atoms with van der Waals surface area (Å²) in [4.78, 5) is 21.9. The second kappa shape index (κ2) is 3.29. The van der Waals surface area contributed by atoms with Gasteiger partial charge in [-0.3, -0.25) is 9.59 Å². The maximum absolute atomic E-state index is 11.1. The largest absolute Gasteiger partial charge is 0.481 e. The van der Waals surface area contributed by atoms with Crippen LogP contribution in [0.2, 0.25) is 0 Å². The Morgan fingerprint density at radius 2 is 2.00 bits per heavy atom. The van der Waals surface area contributed by atoms with Gasteiger partial charge in [0.15, 0.2) is 0 Å². The minimum absolute atomic E-state index is 0.555. The molecule has 14 heavy (non-hydrogen) atoms. The van der Waals surface area contributed by atoms with E-state index in [0.717, 1.165) is 0 Å². The van der Waals surface area contributed by atoms with E-state index in [1.54, 1.807) is 19.1 Å². The van der Waals surface area contributed by atoms with Crippen LogP contribution < -0.4 is 0 Å². The molecule has 0 spiro atoms. The van der Waals surface area contributed by atoms with E-state index in [1.165, 1.54) is 13.0 Å². The van der Waals surface area contributed by atoms with Gasteiger partial charge >= 0.3 is 11.9 Å². The smallest absolute Gasteiger partial charge is 0.314 e. The van der Waals surface area contributed by atoms with Crippen molar-refractivity contribution in [1.29, 1.82) is 0 Å². The highest BCUT2D eigenvalue weighted by molar-refractivity contribution is 5.88. The van der Waals surface area contributed by atoms with Crippen LogP contribution >= 0.6 is 0 Å². The molecule has 0 fully saturated rings. The SMILES string of the molecule is CC1=CC=CC(C(=O)O)C1(C)C(=O)O. The number of carbonyl (C=O) groups is 2. The van der Waals surface area contributed by atoms with Crippen LogP contribution in [0.1, 0.15) is 13.8 Å². The zero-order valence-corrected chi connectivity index (χ0v) is 8.02. The van der Waals surface area contributed by atoms with Crippen molar-refractivity contribution in [2.24, 2.45) is 11.3 Å². The number of carboxylic acids is 2. The standard InChI is InChI=1S/C10H12O4/c1-6-4-3-5-7(8(11)12)10(6,2)9(13)14/h3-5,7H,1-2H3,(H,11,12)(H,13,14). The Hall–Kier alpha value is -1.58. The van der Waals surface area contributed by atoms with Crippen molar-refractivity contribution >= 4 is 11.9 Å². The van der Waals surface area contributed by atoms with Gasteiger partial charge in [-0.25, -0.2) is 0 Å². The number of carboxylic acid groups (broad SMARTS) is 2. The molecule has 0 bridgehead atoms. The second-order valence-electron chi connectivity index (χ2n) is 3.56. The molecule has 1 rings (SSSR count). The van der Waals surface area contributed by atoms with Crippen LogP contribution in [-0.2, 0) is 9.59 Å². The van der Waals surface area contributed by atoms with Crippen LogP contribution in [0.5, 0.6) is 0 Å². The molecule has 2 unspecified atom stereocenters. The van der Waals surface area contributed by atoms with E-state index >= 15 is 0 Å².